The summed E-state index contributed by atoms with van der Waals surface area (Å²) < 4.78 is 0.943. The molecule has 7 heteroatoms. The Hall–Kier alpha value is -1.50. The molecule has 0 aromatic heterocycles. The Balaban J connectivity index is 2.06. The van der Waals surface area contributed by atoms with E-state index in [2.05, 4.69) is 21.2 Å². The predicted octanol–water partition coefficient (Wildman–Crippen LogP) is 5.28. The number of nitrogens with one attached hydrogen (secondary N) is 1. The van der Waals surface area contributed by atoms with Crippen LogP contribution in [0.25, 0.3) is 0 Å². The third-order valence-electron chi connectivity index (χ3n) is 4.25. The first kappa shape index (κ1) is 23.8. The van der Waals surface area contributed by atoms with Gasteiger partial charge in [0.05, 0.1) is 5.75 Å². The lowest BCUT2D eigenvalue weighted by atomic mass is 10.1. The lowest BCUT2D eigenvalue weighted by Gasteiger charge is -2.29. The Morgan fingerprint density at radius 2 is 1.79 bits per heavy atom. The van der Waals surface area contributed by atoms with Crippen molar-refractivity contribution in [2.24, 2.45) is 0 Å². The van der Waals surface area contributed by atoms with Crippen LogP contribution in [0.1, 0.15) is 31.9 Å². The largest absolute Gasteiger partial charge is 0.352 e. The molecule has 4 nitrogen and oxygen atoms in total. The molecule has 2 aromatic rings. The lowest BCUT2D eigenvalue weighted by Crippen LogP contribution is -2.49. The second kappa shape index (κ2) is 11.6. The van der Waals surface area contributed by atoms with Crippen LogP contribution in [0.2, 0.25) is 5.02 Å². The first-order chi connectivity index (χ1) is 13.8. The summed E-state index contributed by atoms with van der Waals surface area (Å²) in [6.07, 6.45) is 0. The molecule has 0 saturated carbocycles. The Labute approximate surface area is 190 Å². The number of rotatable bonds is 9. The number of benzene rings is 2. The van der Waals surface area contributed by atoms with Gasteiger partial charge in [0.25, 0.3) is 0 Å². The van der Waals surface area contributed by atoms with Crippen molar-refractivity contribution < 1.29 is 9.59 Å². The van der Waals surface area contributed by atoms with Gasteiger partial charge < -0.3 is 10.2 Å². The van der Waals surface area contributed by atoms with E-state index >= 15 is 0 Å². The standard InChI is InChI=1S/C22H26BrClN2O2S/c1-15(2)25-22(28)16(3)26(12-18-5-4-6-19(23)11-18)21(27)14-29-13-17-7-9-20(24)10-8-17/h4-11,15-16H,12-14H2,1-3H3,(H,25,28)/t16-/m1/s1. The van der Waals surface area contributed by atoms with Gasteiger partial charge in [-0.1, -0.05) is 51.8 Å². The first-order valence-electron chi connectivity index (χ1n) is 9.42. The zero-order chi connectivity index (χ0) is 21.4. The van der Waals surface area contributed by atoms with E-state index in [1.165, 1.54) is 11.8 Å². The van der Waals surface area contributed by atoms with Crippen LogP contribution in [0.15, 0.2) is 53.0 Å². The van der Waals surface area contributed by atoms with Gasteiger partial charge in [-0.25, -0.2) is 0 Å². The summed E-state index contributed by atoms with van der Waals surface area (Å²) >= 11 is 10.9. The Morgan fingerprint density at radius 1 is 1.10 bits per heavy atom. The molecule has 2 amide bonds. The number of hydrogen-bond donors (Lipinski definition) is 1. The molecule has 1 N–H and O–H groups in total. The van der Waals surface area contributed by atoms with Crippen molar-refractivity contribution in [1.82, 2.24) is 10.2 Å². The van der Waals surface area contributed by atoms with Gasteiger partial charge in [0, 0.05) is 27.8 Å². The number of carbonyl (C=O) groups excluding carboxylic acids is 2. The summed E-state index contributed by atoms with van der Waals surface area (Å²) in [6.45, 7) is 5.98. The van der Waals surface area contributed by atoms with Gasteiger partial charge in [-0.05, 0) is 56.2 Å². The second-order valence-corrected chi connectivity index (χ2v) is 9.45. The molecule has 2 rings (SSSR count). The van der Waals surface area contributed by atoms with Crippen LogP contribution in [0, 0.1) is 0 Å². The molecule has 0 saturated heterocycles. The number of carbonyl (C=O) groups is 2. The molecular formula is C22H26BrClN2O2S. The zero-order valence-corrected chi connectivity index (χ0v) is 20.0. The lowest BCUT2D eigenvalue weighted by molar-refractivity contribution is -0.138. The van der Waals surface area contributed by atoms with Crippen molar-refractivity contribution in [3.05, 3.63) is 69.2 Å². The highest BCUT2D eigenvalue weighted by atomic mass is 79.9. The predicted molar refractivity (Wildman–Crippen MR) is 125 cm³/mol. The molecule has 0 fully saturated rings. The minimum Gasteiger partial charge on any atom is -0.352 e. The monoisotopic (exact) mass is 496 g/mol. The van der Waals surface area contributed by atoms with Gasteiger partial charge in [0.2, 0.25) is 11.8 Å². The molecule has 0 bridgehead atoms. The number of nitrogens with zero attached hydrogens (tertiary/aromatic N) is 1. The van der Waals surface area contributed by atoms with Crippen LogP contribution in [0.5, 0.6) is 0 Å². The molecule has 0 spiro atoms. The number of thioether (sulfide) groups is 1. The highest BCUT2D eigenvalue weighted by molar-refractivity contribution is 9.10. The summed E-state index contributed by atoms with van der Waals surface area (Å²) in [5.74, 6) is 0.803. The molecule has 0 heterocycles. The van der Waals surface area contributed by atoms with Crippen LogP contribution in [0.3, 0.4) is 0 Å². The highest BCUT2D eigenvalue weighted by Crippen LogP contribution is 2.19. The van der Waals surface area contributed by atoms with Crippen LogP contribution >= 0.6 is 39.3 Å². The van der Waals surface area contributed by atoms with Crippen molar-refractivity contribution in [3.8, 4) is 0 Å². The van der Waals surface area contributed by atoms with Crippen molar-refractivity contribution >= 4 is 51.1 Å². The quantitative estimate of drug-likeness (QED) is 0.513. The van der Waals surface area contributed by atoms with E-state index in [1.807, 2.05) is 62.4 Å². The number of hydrogen-bond acceptors (Lipinski definition) is 3. The third-order valence-corrected chi connectivity index (χ3v) is 5.98. The Kier molecular flexibility index (Phi) is 9.53. The molecule has 0 unspecified atom stereocenters. The van der Waals surface area contributed by atoms with E-state index in [4.69, 9.17) is 11.6 Å². The molecule has 1 atom stereocenters. The molecule has 29 heavy (non-hydrogen) atoms. The van der Waals surface area contributed by atoms with Crippen LogP contribution in [0.4, 0.5) is 0 Å². The normalized spacial score (nSPS) is 11.9. The summed E-state index contributed by atoms with van der Waals surface area (Å²) in [4.78, 5) is 27.2. The van der Waals surface area contributed by atoms with Gasteiger partial charge >= 0.3 is 0 Å². The van der Waals surface area contributed by atoms with Crippen molar-refractivity contribution in [1.29, 1.82) is 0 Å². The van der Waals surface area contributed by atoms with Crippen molar-refractivity contribution in [3.63, 3.8) is 0 Å². The molecule has 0 aliphatic heterocycles. The van der Waals surface area contributed by atoms with E-state index in [-0.39, 0.29) is 17.9 Å². The Bertz CT molecular complexity index is 830. The maximum absolute atomic E-state index is 13.0. The molecule has 156 valence electrons. The SMILES string of the molecule is CC(C)NC(=O)[C@@H](C)N(Cc1cccc(Br)c1)C(=O)CSCc1ccc(Cl)cc1. The van der Waals surface area contributed by atoms with Crippen LogP contribution in [-0.2, 0) is 21.9 Å². The van der Waals surface area contributed by atoms with E-state index < -0.39 is 6.04 Å². The van der Waals surface area contributed by atoms with Gasteiger partial charge in [-0.15, -0.1) is 11.8 Å². The second-order valence-electron chi connectivity index (χ2n) is 7.11. The summed E-state index contributed by atoms with van der Waals surface area (Å²) in [5, 5.41) is 3.60. The van der Waals surface area contributed by atoms with E-state index in [9.17, 15) is 9.59 Å². The summed E-state index contributed by atoms with van der Waals surface area (Å²) in [7, 11) is 0. The van der Waals surface area contributed by atoms with E-state index in [0.717, 1.165) is 15.6 Å². The van der Waals surface area contributed by atoms with Gasteiger partial charge in [-0.2, -0.15) is 0 Å². The highest BCUT2D eigenvalue weighted by Gasteiger charge is 2.26. The van der Waals surface area contributed by atoms with Gasteiger partial charge in [0.1, 0.15) is 6.04 Å². The average Bonchev–Trinajstić information content (AvgIpc) is 2.66. The molecule has 2 aromatic carbocycles. The average molecular weight is 498 g/mol. The Morgan fingerprint density at radius 3 is 2.41 bits per heavy atom. The first-order valence-corrected chi connectivity index (χ1v) is 11.8. The number of halogens is 2. The van der Waals surface area contributed by atoms with Crippen LogP contribution < -0.4 is 5.32 Å². The molecule has 0 radical (unpaired) electrons. The maximum atomic E-state index is 13.0. The van der Waals surface area contributed by atoms with Crippen LogP contribution in [-0.4, -0.2) is 34.6 Å². The summed E-state index contributed by atoms with van der Waals surface area (Å²) in [6, 6.07) is 14.9. The van der Waals surface area contributed by atoms with E-state index in [0.29, 0.717) is 23.1 Å². The smallest absolute Gasteiger partial charge is 0.242 e. The fraction of sp³-hybridized carbons (Fsp3) is 0.364. The fourth-order valence-corrected chi connectivity index (χ4v) is 4.18. The van der Waals surface area contributed by atoms with Gasteiger partial charge in [0.15, 0.2) is 0 Å². The maximum Gasteiger partial charge on any atom is 0.242 e. The minimum absolute atomic E-state index is 0.0204. The third kappa shape index (κ3) is 8.03. The molecule has 0 aliphatic carbocycles. The minimum atomic E-state index is -0.556. The molecule has 0 aliphatic rings. The number of amides is 2. The zero-order valence-electron chi connectivity index (χ0n) is 16.8. The van der Waals surface area contributed by atoms with Gasteiger partial charge in [-0.3, -0.25) is 9.59 Å². The topological polar surface area (TPSA) is 49.4 Å². The fourth-order valence-electron chi connectivity index (χ4n) is 2.74. The van der Waals surface area contributed by atoms with E-state index in [1.54, 1.807) is 11.8 Å². The van der Waals surface area contributed by atoms with Crippen molar-refractivity contribution in [2.75, 3.05) is 5.75 Å². The molecular weight excluding hydrogens is 472 g/mol. The summed E-state index contributed by atoms with van der Waals surface area (Å²) in [5.41, 5.74) is 2.08. The van der Waals surface area contributed by atoms with Crippen molar-refractivity contribution in [2.45, 2.75) is 45.2 Å².